The van der Waals surface area contributed by atoms with Gasteiger partial charge in [-0.25, -0.2) is 4.98 Å². The van der Waals surface area contributed by atoms with Gasteiger partial charge in [0.25, 0.3) is 0 Å². The van der Waals surface area contributed by atoms with Crippen LogP contribution in [0.4, 0.5) is 0 Å². The number of nitrogens with one attached hydrogen (secondary N) is 1. The minimum absolute atomic E-state index is 0.311. The summed E-state index contributed by atoms with van der Waals surface area (Å²) in [5.74, 6) is 0. The lowest BCUT2D eigenvalue weighted by molar-refractivity contribution is 0.634. The van der Waals surface area contributed by atoms with Crippen molar-refractivity contribution in [3.63, 3.8) is 0 Å². The van der Waals surface area contributed by atoms with Crippen LogP contribution in [0.15, 0.2) is 52.5 Å². The first-order valence-electron chi connectivity index (χ1n) is 6.07. The van der Waals surface area contributed by atoms with E-state index in [1.807, 2.05) is 19.3 Å². The van der Waals surface area contributed by atoms with Gasteiger partial charge in [-0.3, -0.25) is 0 Å². The Bertz CT molecular complexity index is 525. The van der Waals surface area contributed by atoms with E-state index in [1.165, 1.54) is 16.0 Å². The summed E-state index contributed by atoms with van der Waals surface area (Å²) in [5, 5.41) is 4.34. The smallest absolute Gasteiger partial charge is 0.105 e. The summed E-state index contributed by atoms with van der Waals surface area (Å²) in [6, 6.07) is 12.9. The molecule has 1 aromatic heterocycles. The van der Waals surface area contributed by atoms with E-state index in [0.29, 0.717) is 6.04 Å². The summed E-state index contributed by atoms with van der Waals surface area (Å²) in [6.45, 7) is 4.26. The molecule has 1 atom stereocenters. The molecule has 0 saturated heterocycles. The molecule has 0 spiro atoms. The van der Waals surface area contributed by atoms with E-state index >= 15 is 0 Å². The number of hydrogen-bond donors (Lipinski definition) is 1. The summed E-state index contributed by atoms with van der Waals surface area (Å²) < 4.78 is 0. The third-order valence-electron chi connectivity index (χ3n) is 2.90. The minimum Gasteiger partial charge on any atom is -0.313 e. The number of nitrogens with zero attached hydrogens (tertiary/aromatic N) is 1. The quantitative estimate of drug-likeness (QED) is 0.902. The zero-order valence-electron chi connectivity index (χ0n) is 11.0. The number of rotatable bonds is 4. The molecule has 0 saturated carbocycles. The van der Waals surface area contributed by atoms with Crippen molar-refractivity contribution < 1.29 is 0 Å². The largest absolute Gasteiger partial charge is 0.313 e. The van der Waals surface area contributed by atoms with E-state index in [1.54, 1.807) is 11.8 Å². The van der Waals surface area contributed by atoms with E-state index in [4.69, 9.17) is 0 Å². The van der Waals surface area contributed by atoms with Gasteiger partial charge in [-0.2, -0.15) is 0 Å². The van der Waals surface area contributed by atoms with Crippen LogP contribution >= 0.6 is 11.8 Å². The molecular formula is C15H18N2S. The molecule has 2 rings (SSSR count). The fourth-order valence-corrected chi connectivity index (χ4v) is 2.85. The summed E-state index contributed by atoms with van der Waals surface area (Å²) in [7, 11) is 1.97. The van der Waals surface area contributed by atoms with Gasteiger partial charge in [-0.1, -0.05) is 35.5 Å². The van der Waals surface area contributed by atoms with Gasteiger partial charge in [0.05, 0.1) is 0 Å². The predicted molar refractivity (Wildman–Crippen MR) is 77.0 cm³/mol. The topological polar surface area (TPSA) is 24.9 Å². The average molecular weight is 258 g/mol. The molecule has 0 amide bonds. The number of pyridine rings is 1. The Balaban J connectivity index is 2.29. The van der Waals surface area contributed by atoms with Gasteiger partial charge in [0.15, 0.2) is 0 Å². The molecule has 0 aliphatic rings. The molecular weight excluding hydrogens is 240 g/mol. The van der Waals surface area contributed by atoms with Gasteiger partial charge in [-0.15, -0.1) is 0 Å². The molecule has 1 heterocycles. The van der Waals surface area contributed by atoms with Crippen LogP contribution in [0, 0.1) is 6.92 Å². The fourth-order valence-electron chi connectivity index (χ4n) is 1.76. The second-order valence-electron chi connectivity index (χ2n) is 4.33. The van der Waals surface area contributed by atoms with Crippen molar-refractivity contribution >= 4 is 11.8 Å². The van der Waals surface area contributed by atoms with Crippen LogP contribution in [0.1, 0.15) is 24.1 Å². The molecule has 0 aliphatic heterocycles. The van der Waals surface area contributed by atoms with Gasteiger partial charge in [-0.05, 0) is 39.1 Å². The molecule has 18 heavy (non-hydrogen) atoms. The van der Waals surface area contributed by atoms with Crippen LogP contribution in [-0.2, 0) is 0 Å². The monoisotopic (exact) mass is 258 g/mol. The van der Waals surface area contributed by atoms with Gasteiger partial charge in [0, 0.05) is 22.7 Å². The highest BCUT2D eigenvalue weighted by atomic mass is 32.2. The van der Waals surface area contributed by atoms with Crippen molar-refractivity contribution in [2.45, 2.75) is 29.8 Å². The molecule has 2 nitrogen and oxygen atoms in total. The summed E-state index contributed by atoms with van der Waals surface area (Å²) in [5.41, 5.74) is 2.52. The maximum atomic E-state index is 4.50. The third kappa shape index (κ3) is 3.12. The normalized spacial score (nSPS) is 12.4. The van der Waals surface area contributed by atoms with Crippen LogP contribution in [0.25, 0.3) is 0 Å². The zero-order valence-corrected chi connectivity index (χ0v) is 11.8. The Kier molecular flexibility index (Phi) is 4.39. The van der Waals surface area contributed by atoms with Crippen LogP contribution in [-0.4, -0.2) is 12.0 Å². The number of aryl methyl sites for hydroxylation is 1. The van der Waals surface area contributed by atoms with Crippen LogP contribution in [0.2, 0.25) is 0 Å². The molecule has 3 heteroatoms. The molecule has 2 aromatic rings. The van der Waals surface area contributed by atoms with Crippen molar-refractivity contribution in [1.29, 1.82) is 0 Å². The Hall–Kier alpha value is -1.32. The lowest BCUT2D eigenvalue weighted by Gasteiger charge is -2.14. The van der Waals surface area contributed by atoms with E-state index in [0.717, 1.165) is 5.03 Å². The van der Waals surface area contributed by atoms with Crippen molar-refractivity contribution in [2.24, 2.45) is 0 Å². The van der Waals surface area contributed by atoms with E-state index < -0.39 is 0 Å². The van der Waals surface area contributed by atoms with Crippen LogP contribution in [0.5, 0.6) is 0 Å². The Morgan fingerprint density at radius 3 is 2.78 bits per heavy atom. The van der Waals surface area contributed by atoms with Crippen LogP contribution < -0.4 is 5.32 Å². The molecule has 1 aromatic carbocycles. The highest BCUT2D eigenvalue weighted by Gasteiger charge is 2.10. The summed E-state index contributed by atoms with van der Waals surface area (Å²) in [4.78, 5) is 5.73. The highest BCUT2D eigenvalue weighted by molar-refractivity contribution is 7.99. The van der Waals surface area contributed by atoms with E-state index in [9.17, 15) is 0 Å². The van der Waals surface area contributed by atoms with Gasteiger partial charge >= 0.3 is 0 Å². The molecule has 1 unspecified atom stereocenters. The first kappa shape index (κ1) is 13.1. The SMILES string of the molecule is CNC(C)c1cccnc1Sc1cccc(C)c1. The Labute approximate surface area is 113 Å². The first-order chi connectivity index (χ1) is 8.70. The van der Waals surface area contributed by atoms with Crippen molar-refractivity contribution in [1.82, 2.24) is 10.3 Å². The Morgan fingerprint density at radius 1 is 1.22 bits per heavy atom. The molecule has 0 radical (unpaired) electrons. The second-order valence-corrected chi connectivity index (χ2v) is 5.39. The molecule has 0 aliphatic carbocycles. The zero-order chi connectivity index (χ0) is 13.0. The van der Waals surface area contributed by atoms with Gasteiger partial charge < -0.3 is 5.32 Å². The maximum Gasteiger partial charge on any atom is 0.105 e. The first-order valence-corrected chi connectivity index (χ1v) is 6.89. The van der Waals surface area contributed by atoms with Crippen LogP contribution in [0.3, 0.4) is 0 Å². The summed E-state index contributed by atoms with van der Waals surface area (Å²) in [6.07, 6.45) is 1.85. The standard InChI is InChI=1S/C15H18N2S/c1-11-6-4-7-13(10-11)18-15-14(12(2)16-3)8-5-9-17-15/h4-10,12,16H,1-3H3. The Morgan fingerprint density at radius 2 is 2.06 bits per heavy atom. The number of benzene rings is 1. The third-order valence-corrected chi connectivity index (χ3v) is 3.93. The van der Waals surface area contributed by atoms with E-state index in [-0.39, 0.29) is 0 Å². The minimum atomic E-state index is 0.311. The number of hydrogen-bond acceptors (Lipinski definition) is 3. The molecule has 1 N–H and O–H groups in total. The lowest BCUT2D eigenvalue weighted by atomic mass is 10.1. The fraction of sp³-hybridized carbons (Fsp3) is 0.267. The maximum absolute atomic E-state index is 4.50. The van der Waals surface area contributed by atoms with Crippen molar-refractivity contribution in [3.8, 4) is 0 Å². The highest BCUT2D eigenvalue weighted by Crippen LogP contribution is 2.31. The molecule has 0 bridgehead atoms. The molecule has 0 fully saturated rings. The predicted octanol–water partition coefficient (Wildman–Crippen LogP) is 3.82. The summed E-state index contributed by atoms with van der Waals surface area (Å²) >= 11 is 1.72. The van der Waals surface area contributed by atoms with Gasteiger partial charge in [0.1, 0.15) is 5.03 Å². The lowest BCUT2D eigenvalue weighted by Crippen LogP contribution is -2.13. The van der Waals surface area contributed by atoms with Gasteiger partial charge in [0.2, 0.25) is 0 Å². The van der Waals surface area contributed by atoms with Crippen molar-refractivity contribution in [2.75, 3.05) is 7.05 Å². The van der Waals surface area contributed by atoms with E-state index in [2.05, 4.69) is 54.5 Å². The second kappa shape index (κ2) is 6.03. The molecule has 94 valence electrons. The average Bonchev–Trinajstić information content (AvgIpc) is 2.38. The van der Waals surface area contributed by atoms with Crippen molar-refractivity contribution in [3.05, 3.63) is 53.7 Å². The number of aromatic nitrogens is 1.